The molecular formula is C16H20N2O. The zero-order chi connectivity index (χ0) is 13.8. The first-order valence-electron chi connectivity index (χ1n) is 6.82. The van der Waals surface area contributed by atoms with E-state index in [1.54, 1.807) is 6.20 Å². The number of imidazole rings is 1. The van der Waals surface area contributed by atoms with E-state index in [9.17, 15) is 4.79 Å². The van der Waals surface area contributed by atoms with Crippen molar-refractivity contribution in [3.05, 3.63) is 53.6 Å². The quantitative estimate of drug-likeness (QED) is 0.768. The van der Waals surface area contributed by atoms with E-state index in [-0.39, 0.29) is 11.8 Å². The molecule has 0 saturated heterocycles. The molecule has 3 heteroatoms. The van der Waals surface area contributed by atoms with Crippen molar-refractivity contribution >= 4 is 5.78 Å². The van der Waals surface area contributed by atoms with Crippen LogP contribution in [0.15, 0.2) is 36.7 Å². The third-order valence-corrected chi connectivity index (χ3v) is 3.51. The molecule has 1 aromatic heterocycles. The second kappa shape index (κ2) is 5.83. The highest BCUT2D eigenvalue weighted by atomic mass is 16.1. The van der Waals surface area contributed by atoms with Gasteiger partial charge >= 0.3 is 0 Å². The lowest BCUT2D eigenvalue weighted by Crippen LogP contribution is -2.18. The summed E-state index contributed by atoms with van der Waals surface area (Å²) in [6.07, 6.45) is 5.45. The molecule has 0 aliphatic carbocycles. The molecule has 3 nitrogen and oxygen atoms in total. The van der Waals surface area contributed by atoms with Crippen LogP contribution in [0, 0.1) is 0 Å². The lowest BCUT2D eigenvalue weighted by molar-refractivity contribution is 0.0933. The SMILES string of the molecule is CCc1ccc(C(=O)C(C)n2ccnc2CC)cc1. The van der Waals surface area contributed by atoms with Gasteiger partial charge in [-0.3, -0.25) is 4.79 Å². The first kappa shape index (κ1) is 13.5. The van der Waals surface area contributed by atoms with Gasteiger partial charge in [0.05, 0.1) is 6.04 Å². The summed E-state index contributed by atoms with van der Waals surface area (Å²) in [6, 6.07) is 7.67. The Labute approximate surface area is 114 Å². The number of hydrogen-bond donors (Lipinski definition) is 0. The Morgan fingerprint density at radius 3 is 2.47 bits per heavy atom. The van der Waals surface area contributed by atoms with Crippen LogP contribution in [0.5, 0.6) is 0 Å². The summed E-state index contributed by atoms with van der Waals surface area (Å²) >= 11 is 0. The normalized spacial score (nSPS) is 12.4. The summed E-state index contributed by atoms with van der Waals surface area (Å²) in [6.45, 7) is 6.08. The minimum atomic E-state index is -0.204. The zero-order valence-electron chi connectivity index (χ0n) is 11.8. The van der Waals surface area contributed by atoms with Crippen LogP contribution in [0.2, 0.25) is 0 Å². The van der Waals surface area contributed by atoms with E-state index >= 15 is 0 Å². The summed E-state index contributed by atoms with van der Waals surface area (Å²) in [5.74, 6) is 1.08. The molecule has 0 bridgehead atoms. The Kier molecular flexibility index (Phi) is 4.15. The number of benzene rings is 1. The van der Waals surface area contributed by atoms with Crippen molar-refractivity contribution in [2.45, 2.75) is 39.7 Å². The Morgan fingerprint density at radius 2 is 1.89 bits per heavy atom. The number of carbonyl (C=O) groups is 1. The van der Waals surface area contributed by atoms with E-state index < -0.39 is 0 Å². The minimum absolute atomic E-state index is 0.135. The van der Waals surface area contributed by atoms with Crippen molar-refractivity contribution in [1.82, 2.24) is 9.55 Å². The number of carbonyl (C=O) groups excluding carboxylic acids is 1. The molecule has 0 aliphatic heterocycles. The number of aryl methyl sites for hydroxylation is 2. The lowest BCUT2D eigenvalue weighted by Gasteiger charge is -2.15. The fourth-order valence-electron chi connectivity index (χ4n) is 2.24. The number of ketones is 1. The van der Waals surface area contributed by atoms with Crippen molar-refractivity contribution in [2.24, 2.45) is 0 Å². The highest BCUT2D eigenvalue weighted by molar-refractivity contribution is 5.98. The van der Waals surface area contributed by atoms with Gasteiger partial charge < -0.3 is 4.57 Å². The van der Waals surface area contributed by atoms with Crippen LogP contribution in [-0.4, -0.2) is 15.3 Å². The van der Waals surface area contributed by atoms with Crippen LogP contribution in [0.3, 0.4) is 0 Å². The van der Waals surface area contributed by atoms with Crippen molar-refractivity contribution in [2.75, 3.05) is 0 Å². The topological polar surface area (TPSA) is 34.9 Å². The van der Waals surface area contributed by atoms with Crippen molar-refractivity contribution < 1.29 is 4.79 Å². The summed E-state index contributed by atoms with van der Waals surface area (Å²) < 4.78 is 1.95. The molecule has 0 fully saturated rings. The maximum Gasteiger partial charge on any atom is 0.185 e. The average Bonchev–Trinajstić information content (AvgIpc) is 2.94. The molecule has 19 heavy (non-hydrogen) atoms. The second-order valence-electron chi connectivity index (χ2n) is 4.69. The van der Waals surface area contributed by atoms with Gasteiger partial charge in [0.15, 0.2) is 5.78 Å². The summed E-state index contributed by atoms with van der Waals surface area (Å²) in [7, 11) is 0. The fourth-order valence-corrected chi connectivity index (χ4v) is 2.24. The third-order valence-electron chi connectivity index (χ3n) is 3.51. The van der Waals surface area contributed by atoms with Gasteiger partial charge in [0.1, 0.15) is 5.82 Å². The highest BCUT2D eigenvalue weighted by Gasteiger charge is 2.18. The Hall–Kier alpha value is -1.90. The van der Waals surface area contributed by atoms with Crippen LogP contribution in [-0.2, 0) is 12.8 Å². The molecule has 1 aromatic carbocycles. The van der Waals surface area contributed by atoms with Crippen LogP contribution in [0.25, 0.3) is 0 Å². The number of rotatable bonds is 5. The standard InChI is InChI=1S/C16H20N2O/c1-4-13-6-8-14(9-7-13)16(19)12(3)18-11-10-17-15(18)5-2/h6-12H,4-5H2,1-3H3. The van der Waals surface area contributed by atoms with Gasteiger partial charge in [0.25, 0.3) is 0 Å². The molecule has 0 spiro atoms. The van der Waals surface area contributed by atoms with Crippen LogP contribution >= 0.6 is 0 Å². The maximum atomic E-state index is 12.5. The lowest BCUT2D eigenvalue weighted by atomic mass is 10.0. The van der Waals surface area contributed by atoms with Crippen LogP contribution < -0.4 is 0 Å². The van der Waals surface area contributed by atoms with E-state index in [1.165, 1.54) is 5.56 Å². The smallest absolute Gasteiger partial charge is 0.185 e. The molecular weight excluding hydrogens is 236 g/mol. The Balaban J connectivity index is 2.23. The fraction of sp³-hybridized carbons (Fsp3) is 0.375. The Bertz CT molecular complexity index is 554. The molecule has 0 radical (unpaired) electrons. The minimum Gasteiger partial charge on any atom is -0.324 e. The monoisotopic (exact) mass is 256 g/mol. The second-order valence-corrected chi connectivity index (χ2v) is 4.69. The van der Waals surface area contributed by atoms with Gasteiger partial charge in [-0.25, -0.2) is 4.98 Å². The van der Waals surface area contributed by atoms with E-state index in [0.717, 1.165) is 24.2 Å². The molecule has 2 rings (SSSR count). The molecule has 1 atom stereocenters. The molecule has 0 aliphatic rings. The average molecular weight is 256 g/mol. The number of aromatic nitrogens is 2. The first-order chi connectivity index (χ1) is 9.17. The van der Waals surface area contributed by atoms with Gasteiger partial charge in [0.2, 0.25) is 0 Å². The van der Waals surface area contributed by atoms with E-state index in [2.05, 4.69) is 11.9 Å². The first-order valence-corrected chi connectivity index (χ1v) is 6.82. The number of nitrogens with zero attached hydrogens (tertiary/aromatic N) is 2. The molecule has 0 amide bonds. The van der Waals surface area contributed by atoms with E-state index in [1.807, 2.05) is 48.9 Å². The number of Topliss-reactive ketones (excluding diaryl/α,β-unsaturated/α-hetero) is 1. The van der Waals surface area contributed by atoms with E-state index in [0.29, 0.717) is 0 Å². The van der Waals surface area contributed by atoms with E-state index in [4.69, 9.17) is 0 Å². The van der Waals surface area contributed by atoms with Gasteiger partial charge in [0, 0.05) is 24.4 Å². The van der Waals surface area contributed by atoms with Gasteiger partial charge in [-0.1, -0.05) is 38.1 Å². The molecule has 0 saturated carbocycles. The maximum absolute atomic E-state index is 12.5. The molecule has 0 N–H and O–H groups in total. The van der Waals surface area contributed by atoms with Crippen LogP contribution in [0.4, 0.5) is 0 Å². The van der Waals surface area contributed by atoms with Gasteiger partial charge in [-0.15, -0.1) is 0 Å². The molecule has 100 valence electrons. The van der Waals surface area contributed by atoms with Crippen LogP contribution in [0.1, 0.15) is 48.6 Å². The predicted molar refractivity (Wildman–Crippen MR) is 76.5 cm³/mol. The summed E-state index contributed by atoms with van der Waals surface area (Å²) in [5.41, 5.74) is 2.02. The molecule has 1 heterocycles. The third kappa shape index (κ3) is 2.75. The predicted octanol–water partition coefficient (Wildman–Crippen LogP) is 3.45. The van der Waals surface area contributed by atoms with Crippen molar-refractivity contribution in [3.63, 3.8) is 0 Å². The number of hydrogen-bond acceptors (Lipinski definition) is 2. The summed E-state index contributed by atoms with van der Waals surface area (Å²) in [5, 5.41) is 0. The zero-order valence-corrected chi connectivity index (χ0v) is 11.8. The molecule has 2 aromatic rings. The highest BCUT2D eigenvalue weighted by Crippen LogP contribution is 2.17. The summed E-state index contributed by atoms with van der Waals surface area (Å²) in [4.78, 5) is 16.7. The van der Waals surface area contributed by atoms with Crippen molar-refractivity contribution in [3.8, 4) is 0 Å². The van der Waals surface area contributed by atoms with Crippen molar-refractivity contribution in [1.29, 1.82) is 0 Å². The van der Waals surface area contributed by atoms with Gasteiger partial charge in [-0.2, -0.15) is 0 Å². The van der Waals surface area contributed by atoms with Gasteiger partial charge in [-0.05, 0) is 18.9 Å². The molecule has 1 unspecified atom stereocenters. The Morgan fingerprint density at radius 1 is 1.21 bits per heavy atom. The largest absolute Gasteiger partial charge is 0.324 e.